The van der Waals surface area contributed by atoms with E-state index in [1.165, 1.54) is 0 Å². The van der Waals surface area contributed by atoms with Crippen molar-refractivity contribution >= 4 is 44.9 Å². The van der Waals surface area contributed by atoms with E-state index in [-0.39, 0.29) is 0 Å². The Hall–Kier alpha value is -1.33. The van der Waals surface area contributed by atoms with Gasteiger partial charge in [0.05, 0.1) is 5.69 Å². The van der Waals surface area contributed by atoms with E-state index in [2.05, 4.69) is 43.5 Å². The number of aryl methyl sites for hydroxylation is 1. The van der Waals surface area contributed by atoms with Gasteiger partial charge in [0.2, 0.25) is 0 Å². The summed E-state index contributed by atoms with van der Waals surface area (Å²) in [4.78, 5) is 8.64. The maximum atomic E-state index is 6.21. The Bertz CT molecular complexity index is 646. The zero-order chi connectivity index (χ0) is 15.4. The first-order valence-electron chi connectivity index (χ1n) is 6.81. The van der Waals surface area contributed by atoms with Crippen molar-refractivity contribution in [3.8, 4) is 0 Å². The zero-order valence-corrected chi connectivity index (χ0v) is 14.6. The minimum absolute atomic E-state index is 0.723. The van der Waals surface area contributed by atoms with Crippen LogP contribution in [0.4, 0.5) is 17.3 Å². The number of hydrogen-bond acceptors (Lipinski definition) is 4. The van der Waals surface area contributed by atoms with E-state index in [4.69, 9.17) is 11.6 Å². The summed E-state index contributed by atoms with van der Waals surface area (Å²) < 4.78 is 0.955. The summed E-state index contributed by atoms with van der Waals surface area (Å²) in [6.07, 6.45) is 3.47. The van der Waals surface area contributed by atoms with Crippen LogP contribution >= 0.6 is 27.5 Å². The van der Waals surface area contributed by atoms with Crippen molar-refractivity contribution < 1.29 is 0 Å². The number of rotatable bonds is 5. The lowest BCUT2D eigenvalue weighted by Gasteiger charge is -2.15. The van der Waals surface area contributed by atoms with Crippen LogP contribution in [-0.4, -0.2) is 17.0 Å². The first-order chi connectivity index (χ1) is 10.1. The molecule has 2 aromatic rings. The van der Waals surface area contributed by atoms with Crippen LogP contribution in [0.3, 0.4) is 0 Å². The van der Waals surface area contributed by atoms with E-state index in [1.807, 2.05) is 26.1 Å². The molecule has 0 aliphatic carbocycles. The Morgan fingerprint density at radius 3 is 2.62 bits per heavy atom. The molecule has 112 valence electrons. The molecule has 2 N–H and O–H groups in total. The minimum Gasteiger partial charge on any atom is -0.373 e. The van der Waals surface area contributed by atoms with Crippen molar-refractivity contribution in [3.05, 3.63) is 39.1 Å². The van der Waals surface area contributed by atoms with E-state index in [0.717, 1.165) is 50.8 Å². The Balaban J connectivity index is 2.42. The van der Waals surface area contributed by atoms with Crippen molar-refractivity contribution in [3.63, 3.8) is 0 Å². The Kier molecular flexibility index (Phi) is 5.42. The molecule has 0 aliphatic rings. The van der Waals surface area contributed by atoms with Gasteiger partial charge in [-0.25, -0.2) is 9.97 Å². The summed E-state index contributed by atoms with van der Waals surface area (Å²) >= 11 is 9.76. The van der Waals surface area contributed by atoms with Crippen molar-refractivity contribution in [1.29, 1.82) is 0 Å². The van der Waals surface area contributed by atoms with Gasteiger partial charge in [0.1, 0.15) is 18.0 Å². The lowest BCUT2D eigenvalue weighted by atomic mass is 10.1. The SMILES string of the molecule is CCCc1c(NC)ncnc1Nc1cc(Cl)c(C)cc1Br. The van der Waals surface area contributed by atoms with Gasteiger partial charge < -0.3 is 10.6 Å². The minimum atomic E-state index is 0.723. The molecule has 1 heterocycles. The molecule has 2 rings (SSSR count). The quantitative estimate of drug-likeness (QED) is 0.784. The van der Waals surface area contributed by atoms with Crippen molar-refractivity contribution in [2.45, 2.75) is 26.7 Å². The third-order valence-corrected chi connectivity index (χ3v) is 4.25. The smallest absolute Gasteiger partial charge is 0.139 e. The van der Waals surface area contributed by atoms with Crippen molar-refractivity contribution in [2.75, 3.05) is 17.7 Å². The second-order valence-corrected chi connectivity index (χ2v) is 6.02. The second-order valence-electron chi connectivity index (χ2n) is 4.76. The van der Waals surface area contributed by atoms with Crippen LogP contribution in [-0.2, 0) is 6.42 Å². The van der Waals surface area contributed by atoms with Crippen LogP contribution in [0.1, 0.15) is 24.5 Å². The number of nitrogens with one attached hydrogen (secondary N) is 2. The van der Waals surface area contributed by atoms with Crippen molar-refractivity contribution in [2.24, 2.45) is 0 Å². The Morgan fingerprint density at radius 2 is 1.95 bits per heavy atom. The third kappa shape index (κ3) is 3.66. The summed E-state index contributed by atoms with van der Waals surface area (Å²) in [7, 11) is 1.87. The molecule has 0 amide bonds. The predicted octanol–water partition coefficient (Wildman–Crippen LogP) is 4.94. The fourth-order valence-electron chi connectivity index (χ4n) is 2.09. The van der Waals surface area contributed by atoms with E-state index < -0.39 is 0 Å². The lowest BCUT2D eigenvalue weighted by Crippen LogP contribution is -2.06. The highest BCUT2D eigenvalue weighted by Gasteiger charge is 2.12. The van der Waals surface area contributed by atoms with E-state index >= 15 is 0 Å². The van der Waals surface area contributed by atoms with Crippen LogP contribution in [0, 0.1) is 6.92 Å². The number of anilines is 3. The number of halogens is 2. The zero-order valence-electron chi connectivity index (χ0n) is 12.3. The molecule has 0 unspecified atom stereocenters. The van der Waals surface area contributed by atoms with E-state index in [0.29, 0.717) is 0 Å². The van der Waals surface area contributed by atoms with Gasteiger partial charge in [-0.3, -0.25) is 0 Å². The van der Waals surface area contributed by atoms with Crippen LogP contribution < -0.4 is 10.6 Å². The van der Waals surface area contributed by atoms with E-state index in [1.54, 1.807) is 6.33 Å². The Labute approximate surface area is 138 Å². The molecule has 6 heteroatoms. The topological polar surface area (TPSA) is 49.8 Å². The van der Waals surface area contributed by atoms with Crippen LogP contribution in [0.25, 0.3) is 0 Å². The summed E-state index contributed by atoms with van der Waals surface area (Å²) in [6, 6.07) is 3.89. The van der Waals surface area contributed by atoms with Crippen LogP contribution in [0.15, 0.2) is 22.9 Å². The first-order valence-corrected chi connectivity index (χ1v) is 7.98. The van der Waals surface area contributed by atoms with Gasteiger partial charge in [0.15, 0.2) is 0 Å². The van der Waals surface area contributed by atoms with Gasteiger partial charge >= 0.3 is 0 Å². The third-order valence-electron chi connectivity index (χ3n) is 3.18. The Morgan fingerprint density at radius 1 is 1.24 bits per heavy atom. The molecule has 0 atom stereocenters. The maximum Gasteiger partial charge on any atom is 0.139 e. The molecule has 21 heavy (non-hydrogen) atoms. The maximum absolute atomic E-state index is 6.21. The largest absolute Gasteiger partial charge is 0.373 e. The van der Waals surface area contributed by atoms with Crippen molar-refractivity contribution in [1.82, 2.24) is 9.97 Å². The molecule has 0 saturated carbocycles. The molecular formula is C15H18BrClN4. The van der Waals surface area contributed by atoms with Gasteiger partial charge in [0, 0.05) is 22.1 Å². The standard InChI is InChI=1S/C15H18BrClN4/c1-4-5-10-14(18-3)19-8-20-15(10)21-13-7-12(17)9(2)6-11(13)16/h6-8H,4-5H2,1-3H3,(H2,18,19,20,21). The van der Waals surface area contributed by atoms with Gasteiger partial charge in [0.25, 0.3) is 0 Å². The fraction of sp³-hybridized carbons (Fsp3) is 0.333. The highest BCUT2D eigenvalue weighted by Crippen LogP contribution is 2.32. The molecule has 1 aromatic carbocycles. The molecule has 0 saturated heterocycles. The number of benzene rings is 1. The molecule has 1 aromatic heterocycles. The predicted molar refractivity (Wildman–Crippen MR) is 92.7 cm³/mol. The highest BCUT2D eigenvalue weighted by molar-refractivity contribution is 9.10. The summed E-state index contributed by atoms with van der Waals surface area (Å²) in [5.74, 6) is 1.65. The average Bonchev–Trinajstić information content (AvgIpc) is 2.46. The van der Waals surface area contributed by atoms with Gasteiger partial charge in [-0.1, -0.05) is 24.9 Å². The normalized spacial score (nSPS) is 10.5. The molecule has 0 spiro atoms. The summed E-state index contributed by atoms with van der Waals surface area (Å²) in [5, 5.41) is 7.18. The number of nitrogens with zero attached hydrogens (tertiary/aromatic N) is 2. The number of hydrogen-bond donors (Lipinski definition) is 2. The second kappa shape index (κ2) is 7.09. The highest BCUT2D eigenvalue weighted by atomic mass is 79.9. The molecule has 4 nitrogen and oxygen atoms in total. The van der Waals surface area contributed by atoms with Crippen LogP contribution in [0.2, 0.25) is 5.02 Å². The van der Waals surface area contributed by atoms with Gasteiger partial charge in [-0.15, -0.1) is 0 Å². The molecule has 0 aliphatic heterocycles. The molecule has 0 fully saturated rings. The first kappa shape index (κ1) is 16.0. The monoisotopic (exact) mass is 368 g/mol. The average molecular weight is 370 g/mol. The molecular weight excluding hydrogens is 352 g/mol. The molecule has 0 bridgehead atoms. The summed E-state index contributed by atoms with van der Waals surface area (Å²) in [5.41, 5.74) is 3.00. The lowest BCUT2D eigenvalue weighted by molar-refractivity contribution is 0.905. The van der Waals surface area contributed by atoms with Gasteiger partial charge in [-0.2, -0.15) is 0 Å². The van der Waals surface area contributed by atoms with E-state index in [9.17, 15) is 0 Å². The summed E-state index contributed by atoms with van der Waals surface area (Å²) in [6.45, 7) is 4.11. The van der Waals surface area contributed by atoms with Gasteiger partial charge in [-0.05, 0) is 47.0 Å². The number of aromatic nitrogens is 2. The fourth-order valence-corrected chi connectivity index (χ4v) is 2.81. The van der Waals surface area contributed by atoms with Crippen LogP contribution in [0.5, 0.6) is 0 Å². The molecule has 0 radical (unpaired) electrons.